The van der Waals surface area contributed by atoms with Crippen molar-refractivity contribution in [1.29, 1.82) is 0 Å². The number of carbonyl (C=O) groups is 2. The number of carbonyl (C=O) groups excluding carboxylic acids is 2. The first-order valence-electron chi connectivity index (χ1n) is 10.8. The van der Waals surface area contributed by atoms with E-state index in [2.05, 4.69) is 20.6 Å². The van der Waals surface area contributed by atoms with Crippen LogP contribution in [0.2, 0.25) is 0 Å². The lowest BCUT2D eigenvalue weighted by atomic mass is 10.1. The summed E-state index contributed by atoms with van der Waals surface area (Å²) in [5.74, 6) is 0.385. The summed E-state index contributed by atoms with van der Waals surface area (Å²) >= 11 is 1.38. The number of amides is 2. The van der Waals surface area contributed by atoms with E-state index in [0.29, 0.717) is 40.7 Å². The Morgan fingerprint density at radius 2 is 2.06 bits per heavy atom. The number of aliphatic hydroxyl groups is 1. The van der Waals surface area contributed by atoms with Crippen LogP contribution < -0.4 is 15.4 Å². The zero-order valence-electron chi connectivity index (χ0n) is 18.7. The van der Waals surface area contributed by atoms with Crippen molar-refractivity contribution < 1.29 is 19.4 Å². The summed E-state index contributed by atoms with van der Waals surface area (Å²) in [5.41, 5.74) is 1.96. The van der Waals surface area contributed by atoms with Crippen molar-refractivity contribution in [2.75, 3.05) is 17.2 Å². The molecule has 9 nitrogen and oxygen atoms in total. The number of thiophene rings is 1. The molecule has 5 rings (SSSR count). The fourth-order valence-corrected chi connectivity index (χ4v) is 4.61. The average molecular weight is 478 g/mol. The smallest absolute Gasteiger partial charge is 0.268 e. The van der Waals surface area contributed by atoms with Gasteiger partial charge in [-0.25, -0.2) is 4.98 Å². The third-order valence-electron chi connectivity index (χ3n) is 5.45. The highest BCUT2D eigenvalue weighted by Gasteiger charge is 2.23. The van der Waals surface area contributed by atoms with Gasteiger partial charge in [0, 0.05) is 29.9 Å². The number of ether oxygens (including phenoxy) is 1. The molecule has 0 radical (unpaired) electrons. The quantitative estimate of drug-likeness (QED) is 0.388. The van der Waals surface area contributed by atoms with E-state index in [1.54, 1.807) is 44.4 Å². The summed E-state index contributed by atoms with van der Waals surface area (Å²) in [5, 5.41) is 16.0. The van der Waals surface area contributed by atoms with Crippen molar-refractivity contribution in [2.24, 2.45) is 0 Å². The van der Waals surface area contributed by atoms with Gasteiger partial charge in [-0.2, -0.15) is 0 Å². The molecule has 0 bridgehead atoms. The molecule has 1 aliphatic rings. The van der Waals surface area contributed by atoms with Gasteiger partial charge in [-0.15, -0.1) is 11.3 Å². The molecule has 0 aliphatic carbocycles. The second kappa shape index (κ2) is 8.54. The van der Waals surface area contributed by atoms with Gasteiger partial charge < -0.3 is 19.7 Å². The first-order chi connectivity index (χ1) is 16.3. The number of pyridine rings is 1. The first kappa shape index (κ1) is 22.1. The predicted octanol–water partition coefficient (Wildman–Crippen LogP) is 3.90. The maximum atomic E-state index is 13.1. The maximum absolute atomic E-state index is 13.1. The lowest BCUT2D eigenvalue weighted by molar-refractivity contribution is -0.118. The molecule has 1 aliphatic heterocycles. The van der Waals surface area contributed by atoms with Gasteiger partial charge in [0.15, 0.2) is 6.61 Å². The molecule has 4 heterocycles. The minimum atomic E-state index is -0.899. The molecule has 1 aromatic carbocycles. The number of nitrogens with zero attached hydrogens (tertiary/aromatic N) is 3. The van der Waals surface area contributed by atoms with Crippen LogP contribution in [-0.2, 0) is 11.3 Å². The van der Waals surface area contributed by atoms with Crippen LogP contribution in [0.1, 0.15) is 29.9 Å². The van der Waals surface area contributed by atoms with E-state index < -0.39 is 5.60 Å². The van der Waals surface area contributed by atoms with Crippen LogP contribution in [0.25, 0.3) is 21.5 Å². The zero-order valence-corrected chi connectivity index (χ0v) is 19.5. The van der Waals surface area contributed by atoms with Crippen molar-refractivity contribution in [3.8, 4) is 16.2 Å². The number of rotatable bonds is 6. The summed E-state index contributed by atoms with van der Waals surface area (Å²) in [7, 11) is 0. The zero-order chi connectivity index (χ0) is 23.9. The van der Waals surface area contributed by atoms with Crippen LogP contribution in [0.15, 0.2) is 48.8 Å². The van der Waals surface area contributed by atoms with E-state index in [9.17, 15) is 14.7 Å². The van der Waals surface area contributed by atoms with Crippen LogP contribution in [0.3, 0.4) is 0 Å². The van der Waals surface area contributed by atoms with Gasteiger partial charge >= 0.3 is 0 Å². The Labute approximate surface area is 199 Å². The van der Waals surface area contributed by atoms with E-state index in [0.717, 1.165) is 16.0 Å². The minimum absolute atomic E-state index is 0.0574. The Morgan fingerprint density at radius 1 is 1.26 bits per heavy atom. The van der Waals surface area contributed by atoms with Gasteiger partial charge in [-0.3, -0.25) is 19.9 Å². The fourth-order valence-electron chi connectivity index (χ4n) is 3.70. The van der Waals surface area contributed by atoms with Gasteiger partial charge in [0.2, 0.25) is 5.95 Å². The SMILES string of the molecule is CC(C)(O)CCn1c(NC(=O)c2ccc(-c3ccncc3)s2)nc2cc3c(cc21)OCC(=O)N3. The Kier molecular flexibility index (Phi) is 5.54. The number of aryl methyl sites for hydroxylation is 1. The van der Waals surface area contributed by atoms with Crippen molar-refractivity contribution in [1.82, 2.24) is 14.5 Å². The Hall–Kier alpha value is -3.76. The highest BCUT2D eigenvalue weighted by molar-refractivity contribution is 7.17. The van der Waals surface area contributed by atoms with Gasteiger partial charge in [0.05, 0.1) is 27.2 Å². The maximum Gasteiger partial charge on any atom is 0.268 e. The number of aromatic nitrogens is 3. The fraction of sp³-hybridized carbons (Fsp3) is 0.250. The first-order valence-corrected chi connectivity index (χ1v) is 11.6. The number of hydrogen-bond acceptors (Lipinski definition) is 7. The van der Waals surface area contributed by atoms with E-state index >= 15 is 0 Å². The van der Waals surface area contributed by atoms with Gasteiger partial charge in [-0.1, -0.05) is 0 Å². The molecule has 0 atom stereocenters. The molecule has 0 saturated carbocycles. The number of imidazole rings is 1. The number of fused-ring (bicyclic) bond motifs is 2. The third-order valence-corrected chi connectivity index (χ3v) is 6.58. The van der Waals surface area contributed by atoms with E-state index in [4.69, 9.17) is 4.74 Å². The highest BCUT2D eigenvalue weighted by Crippen LogP contribution is 2.35. The number of anilines is 2. The summed E-state index contributed by atoms with van der Waals surface area (Å²) in [6, 6.07) is 11.0. The average Bonchev–Trinajstić information content (AvgIpc) is 3.41. The summed E-state index contributed by atoms with van der Waals surface area (Å²) in [6.45, 7) is 3.83. The van der Waals surface area contributed by atoms with Crippen molar-refractivity contribution in [2.45, 2.75) is 32.4 Å². The number of hydrogen-bond donors (Lipinski definition) is 3. The lowest BCUT2D eigenvalue weighted by Crippen LogP contribution is -2.25. The second-order valence-electron chi connectivity index (χ2n) is 8.68. The molecule has 0 spiro atoms. The Bertz CT molecular complexity index is 1390. The van der Waals surface area contributed by atoms with Crippen LogP contribution in [-0.4, -0.2) is 43.7 Å². The van der Waals surface area contributed by atoms with Crippen LogP contribution in [0.4, 0.5) is 11.6 Å². The largest absolute Gasteiger partial charge is 0.482 e. The molecule has 174 valence electrons. The van der Waals surface area contributed by atoms with Gasteiger partial charge in [0.1, 0.15) is 5.75 Å². The lowest BCUT2D eigenvalue weighted by Gasteiger charge is -2.20. The molecule has 3 N–H and O–H groups in total. The van der Waals surface area contributed by atoms with Gasteiger partial charge in [0.25, 0.3) is 11.8 Å². The monoisotopic (exact) mass is 477 g/mol. The molecule has 0 unspecified atom stereocenters. The summed E-state index contributed by atoms with van der Waals surface area (Å²) in [4.78, 5) is 34.9. The topological polar surface area (TPSA) is 118 Å². The summed E-state index contributed by atoms with van der Waals surface area (Å²) < 4.78 is 7.41. The molecular formula is C24H23N5O4S. The van der Waals surface area contributed by atoms with Gasteiger partial charge in [-0.05, 0) is 56.2 Å². The van der Waals surface area contributed by atoms with Crippen LogP contribution in [0.5, 0.6) is 5.75 Å². The van der Waals surface area contributed by atoms with E-state index in [-0.39, 0.29) is 18.4 Å². The van der Waals surface area contributed by atoms with Crippen molar-refractivity contribution in [3.05, 3.63) is 53.7 Å². The van der Waals surface area contributed by atoms with Crippen molar-refractivity contribution in [3.63, 3.8) is 0 Å². The normalized spacial score (nSPS) is 13.3. The van der Waals surface area contributed by atoms with E-state index in [1.165, 1.54) is 11.3 Å². The predicted molar refractivity (Wildman–Crippen MR) is 130 cm³/mol. The molecule has 0 fully saturated rings. The minimum Gasteiger partial charge on any atom is -0.482 e. The molecule has 0 saturated heterocycles. The molecule has 2 amide bonds. The van der Waals surface area contributed by atoms with Crippen LogP contribution in [0, 0.1) is 0 Å². The highest BCUT2D eigenvalue weighted by atomic mass is 32.1. The molecule has 34 heavy (non-hydrogen) atoms. The number of benzene rings is 1. The Balaban J connectivity index is 1.48. The molecule has 4 aromatic rings. The Morgan fingerprint density at radius 3 is 2.82 bits per heavy atom. The van der Waals surface area contributed by atoms with Crippen LogP contribution >= 0.6 is 11.3 Å². The third kappa shape index (κ3) is 4.50. The number of nitrogens with one attached hydrogen (secondary N) is 2. The molecule has 10 heteroatoms. The second-order valence-corrected chi connectivity index (χ2v) is 9.76. The van der Waals surface area contributed by atoms with Crippen molar-refractivity contribution >= 4 is 45.8 Å². The standard InChI is InChI=1S/C24H23N5O4S/c1-24(2,32)7-10-29-17-12-18-16(26-21(30)13-33-18)11-15(17)27-23(29)28-22(31)20-4-3-19(34-20)14-5-8-25-9-6-14/h3-6,8-9,11-12,32H,7,10,13H2,1-2H3,(H,26,30)(H,27,28,31). The summed E-state index contributed by atoms with van der Waals surface area (Å²) in [6.07, 6.45) is 3.87. The molecule has 3 aromatic heterocycles. The van der Waals surface area contributed by atoms with E-state index in [1.807, 2.05) is 22.8 Å². The molecular weight excluding hydrogens is 454 g/mol.